The molecule has 0 N–H and O–H groups in total. The first-order chi connectivity index (χ1) is 20.3. The van der Waals surface area contributed by atoms with Crippen LogP contribution in [0.2, 0.25) is 0 Å². The van der Waals surface area contributed by atoms with E-state index in [0.29, 0.717) is 44.3 Å². The van der Waals surface area contributed by atoms with Crippen molar-refractivity contribution in [3.63, 3.8) is 0 Å². The van der Waals surface area contributed by atoms with Gasteiger partial charge < -0.3 is 19.3 Å². The number of likely N-dealkylation sites (tertiary alicyclic amines) is 1. The molecule has 5 rings (SSSR count). The summed E-state index contributed by atoms with van der Waals surface area (Å²) in [6, 6.07) is 8.80. The Hall–Kier alpha value is -3.06. The molecule has 3 aromatic rings. The number of nitrogens with zero attached hydrogens (tertiary/aromatic N) is 6. The fourth-order valence-electron chi connectivity index (χ4n) is 5.57. The second-order valence-corrected chi connectivity index (χ2v) is 13.0. The quantitative estimate of drug-likeness (QED) is 0.313. The largest absolute Gasteiger partial charge is 0.496 e. The Morgan fingerprint density at radius 1 is 1.02 bits per heavy atom. The third-order valence-electron chi connectivity index (χ3n) is 8.08. The molecule has 0 saturated carbocycles. The van der Waals surface area contributed by atoms with Crippen molar-refractivity contribution >= 4 is 33.5 Å². The highest BCUT2D eigenvalue weighted by Crippen LogP contribution is 2.33. The highest BCUT2D eigenvalue weighted by atomic mass is 79.9. The van der Waals surface area contributed by atoms with Crippen LogP contribution in [0.3, 0.4) is 0 Å². The number of ether oxygens (including phenoxy) is 2. The third kappa shape index (κ3) is 7.19. The Labute approximate surface area is 258 Å². The van der Waals surface area contributed by atoms with Gasteiger partial charge >= 0.3 is 12.3 Å². The monoisotopic (exact) mass is 666 g/mol. The molecule has 1 amide bonds. The third-order valence-corrected chi connectivity index (χ3v) is 8.70. The molecule has 2 fully saturated rings. The summed E-state index contributed by atoms with van der Waals surface area (Å²) in [5.41, 5.74) is 0.629. The number of amides is 1. The van der Waals surface area contributed by atoms with Crippen LogP contribution in [-0.2, 0) is 22.9 Å². The Morgan fingerprint density at radius 3 is 2.42 bits per heavy atom. The molecule has 234 valence electrons. The number of rotatable bonds is 6. The number of piperidine rings is 1. The zero-order chi connectivity index (χ0) is 30.9. The molecule has 1 atom stereocenters. The average molecular weight is 668 g/mol. The van der Waals surface area contributed by atoms with Gasteiger partial charge in [0.1, 0.15) is 18.2 Å². The van der Waals surface area contributed by atoms with Crippen LogP contribution in [0.15, 0.2) is 34.8 Å². The smallest absolute Gasteiger partial charge is 0.433 e. The lowest BCUT2D eigenvalue weighted by Gasteiger charge is -2.37. The van der Waals surface area contributed by atoms with E-state index in [1.807, 2.05) is 37.8 Å². The Bertz CT molecular complexity index is 1450. The summed E-state index contributed by atoms with van der Waals surface area (Å²) >= 11 is 3.55. The summed E-state index contributed by atoms with van der Waals surface area (Å²) in [5, 5.41) is 4.59. The van der Waals surface area contributed by atoms with E-state index in [9.17, 15) is 18.0 Å². The van der Waals surface area contributed by atoms with Crippen LogP contribution >= 0.6 is 15.9 Å². The molecule has 13 heteroatoms. The van der Waals surface area contributed by atoms with E-state index in [1.54, 1.807) is 18.1 Å². The second-order valence-electron chi connectivity index (χ2n) is 12.2. The van der Waals surface area contributed by atoms with Crippen LogP contribution in [0.1, 0.15) is 57.0 Å². The van der Waals surface area contributed by atoms with Crippen molar-refractivity contribution in [1.82, 2.24) is 24.4 Å². The first kappa shape index (κ1) is 31.4. The van der Waals surface area contributed by atoms with Crippen LogP contribution in [-0.4, -0.2) is 83.0 Å². The van der Waals surface area contributed by atoms with E-state index in [-0.39, 0.29) is 17.1 Å². The number of piperazine rings is 1. The molecule has 2 saturated heterocycles. The molecule has 1 aromatic carbocycles. The topological polar surface area (TPSA) is 75.4 Å². The highest BCUT2D eigenvalue weighted by Gasteiger charge is 2.36. The van der Waals surface area contributed by atoms with E-state index in [4.69, 9.17) is 9.47 Å². The molecule has 9 nitrogen and oxygen atoms in total. The van der Waals surface area contributed by atoms with Gasteiger partial charge in [-0.1, -0.05) is 33.3 Å². The van der Waals surface area contributed by atoms with Gasteiger partial charge in [-0.3, -0.25) is 4.90 Å². The van der Waals surface area contributed by atoms with E-state index in [1.165, 1.54) is 4.52 Å². The molecule has 0 bridgehead atoms. The summed E-state index contributed by atoms with van der Waals surface area (Å²) in [5.74, 6) is 1.09. The maximum atomic E-state index is 13.7. The number of benzene rings is 1. The number of fused-ring (bicyclic) bond motifs is 1. The van der Waals surface area contributed by atoms with Gasteiger partial charge in [0.2, 0.25) is 0 Å². The number of carbonyl (C=O) groups excluding carboxylic acids is 1. The van der Waals surface area contributed by atoms with E-state index in [2.05, 4.69) is 37.0 Å². The van der Waals surface area contributed by atoms with Gasteiger partial charge in [-0.25, -0.2) is 9.78 Å². The number of aromatic nitrogens is 3. The highest BCUT2D eigenvalue weighted by molar-refractivity contribution is 9.10. The standard InChI is InChI=1S/C30H38BrF3N6O3/c1-29(2,3)24-16-26-35-25(30(32,33)34)17-27(40(26)36-24)37-11-13-38(14-12-37)28(41)43-19-21-7-5-6-10-39(21)18-20-8-9-23(42-4)22(31)15-20/h8-9,15-17,21H,5-7,10-14,18-19H2,1-4H3. The van der Waals surface area contributed by atoms with Crippen molar-refractivity contribution in [1.29, 1.82) is 0 Å². The fraction of sp³-hybridized carbons (Fsp3) is 0.567. The number of alkyl halides is 3. The number of methoxy groups -OCH3 is 1. The lowest BCUT2D eigenvalue weighted by Crippen LogP contribution is -2.50. The molecular weight excluding hydrogens is 629 g/mol. The Kier molecular flexibility index (Phi) is 9.12. The maximum Gasteiger partial charge on any atom is 0.433 e. The van der Waals surface area contributed by atoms with Crippen molar-refractivity contribution in [2.75, 3.05) is 51.3 Å². The molecule has 2 aliphatic heterocycles. The minimum atomic E-state index is -4.59. The van der Waals surface area contributed by atoms with Gasteiger partial charge in [0.15, 0.2) is 11.3 Å². The predicted octanol–water partition coefficient (Wildman–Crippen LogP) is 6.13. The maximum absolute atomic E-state index is 13.7. The number of carbonyl (C=O) groups is 1. The minimum Gasteiger partial charge on any atom is -0.496 e. The summed E-state index contributed by atoms with van der Waals surface area (Å²) in [7, 11) is 1.64. The van der Waals surface area contributed by atoms with Gasteiger partial charge in [-0.2, -0.15) is 22.8 Å². The summed E-state index contributed by atoms with van der Waals surface area (Å²) in [6.07, 6.45) is -1.88. The fourth-order valence-corrected chi connectivity index (χ4v) is 6.16. The first-order valence-corrected chi connectivity index (χ1v) is 15.3. The van der Waals surface area contributed by atoms with Gasteiger partial charge in [-0.15, -0.1) is 0 Å². The van der Waals surface area contributed by atoms with Crippen molar-refractivity contribution in [3.8, 4) is 5.75 Å². The lowest BCUT2D eigenvalue weighted by molar-refractivity contribution is -0.141. The molecular formula is C30H38BrF3N6O3. The molecule has 0 spiro atoms. The molecule has 2 aliphatic rings. The van der Waals surface area contributed by atoms with Gasteiger partial charge in [-0.05, 0) is 53.0 Å². The molecule has 1 unspecified atom stereocenters. The SMILES string of the molecule is COc1ccc(CN2CCCCC2COC(=O)N2CCN(c3cc(C(F)(F)F)nc4cc(C(C)(C)C)nn34)CC2)cc1Br. The lowest BCUT2D eigenvalue weighted by atomic mass is 9.93. The van der Waals surface area contributed by atoms with Crippen LogP contribution < -0.4 is 9.64 Å². The van der Waals surface area contributed by atoms with E-state index < -0.39 is 18.0 Å². The van der Waals surface area contributed by atoms with Crippen molar-refractivity contribution in [2.24, 2.45) is 0 Å². The number of hydrogen-bond acceptors (Lipinski definition) is 7. The molecule has 2 aromatic heterocycles. The zero-order valence-electron chi connectivity index (χ0n) is 25.0. The van der Waals surface area contributed by atoms with Gasteiger partial charge in [0, 0.05) is 56.3 Å². The van der Waals surface area contributed by atoms with Crippen molar-refractivity contribution in [3.05, 3.63) is 51.8 Å². The zero-order valence-corrected chi connectivity index (χ0v) is 26.5. The summed E-state index contributed by atoms with van der Waals surface area (Å²) in [6.45, 7) is 9.16. The molecule has 43 heavy (non-hydrogen) atoms. The van der Waals surface area contributed by atoms with Crippen molar-refractivity contribution in [2.45, 2.75) is 64.2 Å². The molecule has 4 heterocycles. The normalized spacial score (nSPS) is 18.7. The minimum absolute atomic E-state index is 0.114. The molecule has 0 aliphatic carbocycles. The summed E-state index contributed by atoms with van der Waals surface area (Å²) < 4.78 is 54.7. The first-order valence-electron chi connectivity index (χ1n) is 14.5. The van der Waals surface area contributed by atoms with Crippen LogP contribution in [0.4, 0.5) is 23.8 Å². The van der Waals surface area contributed by atoms with Gasteiger partial charge in [0.05, 0.1) is 17.3 Å². The average Bonchev–Trinajstić information content (AvgIpc) is 3.41. The Balaban J connectivity index is 1.22. The number of anilines is 1. The second kappa shape index (κ2) is 12.5. The number of halogens is 4. The van der Waals surface area contributed by atoms with E-state index in [0.717, 1.165) is 54.2 Å². The van der Waals surface area contributed by atoms with Crippen LogP contribution in [0.25, 0.3) is 5.65 Å². The van der Waals surface area contributed by atoms with Gasteiger partial charge in [0.25, 0.3) is 0 Å². The van der Waals surface area contributed by atoms with Crippen molar-refractivity contribution < 1.29 is 27.4 Å². The van der Waals surface area contributed by atoms with Crippen LogP contribution in [0, 0.1) is 0 Å². The number of hydrogen-bond donors (Lipinski definition) is 0. The van der Waals surface area contributed by atoms with E-state index >= 15 is 0 Å². The van der Waals surface area contributed by atoms with Crippen LogP contribution in [0.5, 0.6) is 5.75 Å². The Morgan fingerprint density at radius 2 is 1.77 bits per heavy atom. The predicted molar refractivity (Wildman–Crippen MR) is 161 cm³/mol. The molecule has 0 radical (unpaired) electrons. The summed E-state index contributed by atoms with van der Waals surface area (Å²) in [4.78, 5) is 22.7.